The van der Waals surface area contributed by atoms with E-state index in [1.165, 1.54) is 11.3 Å². The maximum absolute atomic E-state index is 12.6. The lowest BCUT2D eigenvalue weighted by Gasteiger charge is -2.13. The Kier molecular flexibility index (Phi) is 4.12. The third-order valence-corrected chi connectivity index (χ3v) is 4.97. The highest BCUT2D eigenvalue weighted by Gasteiger charge is 2.21. The summed E-state index contributed by atoms with van der Waals surface area (Å²) in [5.74, 6) is -1.20. The molecule has 1 amide bonds. The SMILES string of the molecule is Cn1nc(C(C)(C)C)cc1C(=O)Nc1ccc2sc(C(=O)O)cc2c1. The third-order valence-electron chi connectivity index (χ3n) is 3.87. The fourth-order valence-corrected chi connectivity index (χ4v) is 3.35. The predicted molar refractivity (Wildman–Crippen MR) is 98.6 cm³/mol. The molecule has 0 unspecified atom stereocenters. The van der Waals surface area contributed by atoms with Crippen LogP contribution in [0.1, 0.15) is 46.6 Å². The summed E-state index contributed by atoms with van der Waals surface area (Å²) >= 11 is 1.21. The monoisotopic (exact) mass is 357 g/mol. The minimum atomic E-state index is -0.948. The molecule has 0 atom stereocenters. The van der Waals surface area contributed by atoms with E-state index < -0.39 is 5.97 Å². The van der Waals surface area contributed by atoms with E-state index in [0.29, 0.717) is 11.4 Å². The van der Waals surface area contributed by atoms with E-state index in [4.69, 9.17) is 5.11 Å². The first-order valence-electron chi connectivity index (χ1n) is 7.78. The average molecular weight is 357 g/mol. The van der Waals surface area contributed by atoms with Crippen molar-refractivity contribution >= 4 is 39.0 Å². The molecule has 0 aliphatic heterocycles. The van der Waals surface area contributed by atoms with Crippen LogP contribution in [0.3, 0.4) is 0 Å². The Morgan fingerprint density at radius 3 is 2.52 bits per heavy atom. The number of nitrogens with one attached hydrogen (secondary N) is 1. The van der Waals surface area contributed by atoms with Crippen LogP contribution >= 0.6 is 11.3 Å². The quantitative estimate of drug-likeness (QED) is 0.745. The number of carbonyl (C=O) groups is 2. The molecule has 7 heteroatoms. The molecule has 0 aliphatic carbocycles. The van der Waals surface area contributed by atoms with E-state index in [9.17, 15) is 9.59 Å². The highest BCUT2D eigenvalue weighted by molar-refractivity contribution is 7.20. The van der Waals surface area contributed by atoms with Crippen LogP contribution in [-0.2, 0) is 12.5 Å². The molecule has 2 heterocycles. The average Bonchev–Trinajstić information content (AvgIpc) is 3.09. The summed E-state index contributed by atoms with van der Waals surface area (Å²) in [6, 6.07) is 8.76. The summed E-state index contributed by atoms with van der Waals surface area (Å²) in [5, 5.41) is 17.1. The number of amides is 1. The molecule has 2 aromatic heterocycles. The lowest BCUT2D eigenvalue weighted by Crippen LogP contribution is -2.15. The highest BCUT2D eigenvalue weighted by atomic mass is 32.1. The third kappa shape index (κ3) is 3.41. The molecule has 0 bridgehead atoms. The summed E-state index contributed by atoms with van der Waals surface area (Å²) in [6.45, 7) is 6.13. The number of hydrogen-bond donors (Lipinski definition) is 2. The highest BCUT2D eigenvalue weighted by Crippen LogP contribution is 2.28. The number of carbonyl (C=O) groups excluding carboxylic acids is 1. The Bertz CT molecular complexity index is 979. The van der Waals surface area contributed by atoms with E-state index in [1.54, 1.807) is 36.0 Å². The van der Waals surface area contributed by atoms with Crippen molar-refractivity contribution in [3.63, 3.8) is 0 Å². The number of aromatic carboxylic acids is 1. The molecule has 0 aliphatic rings. The van der Waals surface area contributed by atoms with E-state index >= 15 is 0 Å². The van der Waals surface area contributed by atoms with Gasteiger partial charge in [0, 0.05) is 22.8 Å². The number of hydrogen-bond acceptors (Lipinski definition) is 4. The molecule has 0 radical (unpaired) electrons. The summed E-state index contributed by atoms with van der Waals surface area (Å²) in [5.41, 5.74) is 1.80. The Hall–Kier alpha value is -2.67. The maximum Gasteiger partial charge on any atom is 0.345 e. The van der Waals surface area contributed by atoms with Gasteiger partial charge >= 0.3 is 5.97 Å². The number of aromatic nitrogens is 2. The second kappa shape index (κ2) is 6.00. The van der Waals surface area contributed by atoms with Crippen LogP contribution in [0.2, 0.25) is 0 Å². The number of carboxylic acid groups (broad SMARTS) is 1. The Labute approximate surface area is 149 Å². The molecule has 2 N–H and O–H groups in total. The number of aryl methyl sites for hydroxylation is 1. The van der Waals surface area contributed by atoms with E-state index in [2.05, 4.69) is 10.4 Å². The zero-order chi connectivity index (χ0) is 18.4. The van der Waals surface area contributed by atoms with Crippen LogP contribution in [0.4, 0.5) is 5.69 Å². The second-order valence-electron chi connectivity index (χ2n) is 6.91. The first kappa shape index (κ1) is 17.2. The van der Waals surface area contributed by atoms with Gasteiger partial charge in [-0.1, -0.05) is 20.8 Å². The zero-order valence-electron chi connectivity index (χ0n) is 14.5. The molecular formula is C18H19N3O3S. The number of rotatable bonds is 3. The summed E-state index contributed by atoms with van der Waals surface area (Å²) < 4.78 is 2.44. The van der Waals surface area contributed by atoms with Gasteiger partial charge in [-0.05, 0) is 35.7 Å². The van der Waals surface area contributed by atoms with Crippen LogP contribution in [0.25, 0.3) is 10.1 Å². The number of anilines is 1. The summed E-state index contributed by atoms with van der Waals surface area (Å²) in [4.78, 5) is 23.9. The van der Waals surface area contributed by atoms with Crippen LogP contribution in [0.5, 0.6) is 0 Å². The van der Waals surface area contributed by atoms with Crippen molar-refractivity contribution in [3.05, 3.63) is 46.6 Å². The molecule has 1 aromatic carbocycles. The van der Waals surface area contributed by atoms with Gasteiger partial charge in [0.25, 0.3) is 5.91 Å². The second-order valence-corrected chi connectivity index (χ2v) is 7.99. The molecule has 0 fully saturated rings. The maximum atomic E-state index is 12.6. The van der Waals surface area contributed by atoms with Gasteiger partial charge < -0.3 is 10.4 Å². The largest absolute Gasteiger partial charge is 0.477 e. The molecule has 3 aromatic rings. The van der Waals surface area contributed by atoms with Crippen LogP contribution in [-0.4, -0.2) is 26.8 Å². The van der Waals surface area contributed by atoms with Gasteiger partial charge in [0.2, 0.25) is 0 Å². The predicted octanol–water partition coefficient (Wildman–Crippen LogP) is 3.88. The van der Waals surface area contributed by atoms with Crippen molar-refractivity contribution in [2.24, 2.45) is 7.05 Å². The van der Waals surface area contributed by atoms with Crippen molar-refractivity contribution in [2.45, 2.75) is 26.2 Å². The molecule has 3 rings (SSSR count). The lowest BCUT2D eigenvalue weighted by atomic mass is 9.92. The lowest BCUT2D eigenvalue weighted by molar-refractivity contribution is 0.0702. The number of carboxylic acids is 1. The summed E-state index contributed by atoms with van der Waals surface area (Å²) in [6.07, 6.45) is 0. The first-order valence-corrected chi connectivity index (χ1v) is 8.59. The van der Waals surface area contributed by atoms with Gasteiger partial charge in [-0.25, -0.2) is 4.79 Å². The Morgan fingerprint density at radius 1 is 1.20 bits per heavy atom. The van der Waals surface area contributed by atoms with Gasteiger partial charge in [-0.15, -0.1) is 11.3 Å². The zero-order valence-corrected chi connectivity index (χ0v) is 15.3. The molecular weight excluding hydrogens is 338 g/mol. The molecule has 0 saturated heterocycles. The van der Waals surface area contributed by atoms with E-state index in [1.807, 2.05) is 26.8 Å². The minimum absolute atomic E-state index is 0.140. The van der Waals surface area contributed by atoms with Gasteiger partial charge in [-0.3, -0.25) is 9.48 Å². The standard InChI is InChI=1S/C18H19N3O3S/c1-18(2,3)15-9-12(21(4)20-15)16(22)19-11-5-6-13-10(7-11)8-14(25-13)17(23)24/h5-9H,1-4H3,(H,19,22)(H,23,24). The number of benzene rings is 1. The fourth-order valence-electron chi connectivity index (χ4n) is 2.47. The smallest absolute Gasteiger partial charge is 0.345 e. The van der Waals surface area contributed by atoms with Crippen LogP contribution < -0.4 is 5.32 Å². The van der Waals surface area contributed by atoms with Crippen LogP contribution in [0.15, 0.2) is 30.3 Å². The van der Waals surface area contributed by atoms with Crippen molar-refractivity contribution in [2.75, 3.05) is 5.32 Å². The van der Waals surface area contributed by atoms with Crippen molar-refractivity contribution in [3.8, 4) is 0 Å². The molecule has 25 heavy (non-hydrogen) atoms. The van der Waals surface area contributed by atoms with Crippen molar-refractivity contribution in [1.82, 2.24) is 9.78 Å². The van der Waals surface area contributed by atoms with Crippen molar-refractivity contribution < 1.29 is 14.7 Å². The Balaban J connectivity index is 1.87. The van der Waals surface area contributed by atoms with Gasteiger partial charge in [0.15, 0.2) is 0 Å². The van der Waals surface area contributed by atoms with Crippen LogP contribution in [0, 0.1) is 0 Å². The van der Waals surface area contributed by atoms with E-state index in [-0.39, 0.29) is 16.2 Å². The number of nitrogens with zero attached hydrogens (tertiary/aromatic N) is 2. The Morgan fingerprint density at radius 2 is 1.92 bits per heavy atom. The number of thiophene rings is 1. The molecule has 0 spiro atoms. The first-order chi connectivity index (χ1) is 11.6. The van der Waals surface area contributed by atoms with E-state index in [0.717, 1.165) is 15.8 Å². The molecule has 6 nitrogen and oxygen atoms in total. The van der Waals surface area contributed by atoms with Gasteiger partial charge in [0.1, 0.15) is 10.6 Å². The fraction of sp³-hybridized carbons (Fsp3) is 0.278. The number of fused-ring (bicyclic) bond motifs is 1. The molecule has 0 saturated carbocycles. The van der Waals surface area contributed by atoms with Gasteiger partial charge in [-0.2, -0.15) is 5.10 Å². The summed E-state index contributed by atoms with van der Waals surface area (Å²) in [7, 11) is 1.74. The van der Waals surface area contributed by atoms with Crippen molar-refractivity contribution in [1.29, 1.82) is 0 Å². The topological polar surface area (TPSA) is 84.2 Å². The minimum Gasteiger partial charge on any atom is -0.477 e. The normalized spacial score (nSPS) is 11.7. The molecule has 130 valence electrons. The van der Waals surface area contributed by atoms with Gasteiger partial charge in [0.05, 0.1) is 5.69 Å².